The first kappa shape index (κ1) is 11.2. The van der Waals surface area contributed by atoms with Gasteiger partial charge in [-0.05, 0) is 0 Å². The van der Waals surface area contributed by atoms with E-state index < -0.39 is 21.8 Å². The van der Waals surface area contributed by atoms with Crippen LogP contribution in [0.4, 0.5) is 0 Å². The zero-order chi connectivity index (χ0) is 10.8. The van der Waals surface area contributed by atoms with Crippen LogP contribution in [0.5, 0.6) is 0 Å². The van der Waals surface area contributed by atoms with Crippen LogP contribution in [0.3, 0.4) is 0 Å². The van der Waals surface area contributed by atoms with E-state index in [-0.39, 0.29) is 18.3 Å². The van der Waals surface area contributed by atoms with E-state index in [0.29, 0.717) is 0 Å². The predicted molar refractivity (Wildman–Crippen MR) is 50.3 cm³/mol. The van der Waals surface area contributed by atoms with Crippen LogP contribution in [-0.2, 0) is 14.6 Å². The lowest BCUT2D eigenvalue weighted by atomic mass is 10.3. The van der Waals surface area contributed by atoms with E-state index in [9.17, 15) is 13.2 Å². The van der Waals surface area contributed by atoms with Crippen molar-refractivity contribution < 1.29 is 18.3 Å². The second-order valence-electron chi connectivity index (χ2n) is 3.12. The Balaban J connectivity index is 2.35. The first-order valence-corrected chi connectivity index (χ1v) is 5.75. The molecule has 0 saturated heterocycles. The van der Waals surface area contributed by atoms with E-state index in [1.807, 2.05) is 0 Å². The van der Waals surface area contributed by atoms with Crippen LogP contribution >= 0.6 is 0 Å². The second-order valence-corrected chi connectivity index (χ2v) is 5.05. The van der Waals surface area contributed by atoms with E-state index in [2.05, 4.69) is 5.32 Å². The Kier molecular flexibility index (Phi) is 3.25. The SMILES string of the molecule is NC(CNC1C=CS(=O)(=O)C1)C(=O)O. The fourth-order valence-electron chi connectivity index (χ4n) is 1.07. The molecule has 0 aromatic carbocycles. The van der Waals surface area contributed by atoms with Crippen LogP contribution in [0.1, 0.15) is 0 Å². The average Bonchev–Trinajstić information content (AvgIpc) is 2.41. The van der Waals surface area contributed by atoms with Crippen molar-refractivity contribution in [3.63, 3.8) is 0 Å². The Hall–Kier alpha value is -0.920. The number of nitrogens with one attached hydrogen (secondary N) is 1. The molecule has 1 aliphatic rings. The number of hydrogen-bond donors (Lipinski definition) is 3. The normalized spacial score (nSPS) is 26.2. The van der Waals surface area contributed by atoms with Gasteiger partial charge in [0, 0.05) is 18.0 Å². The van der Waals surface area contributed by atoms with Gasteiger partial charge < -0.3 is 16.2 Å². The Morgan fingerprint density at radius 1 is 1.71 bits per heavy atom. The molecule has 2 unspecified atom stereocenters. The molecule has 0 aromatic heterocycles. The zero-order valence-electron chi connectivity index (χ0n) is 7.38. The molecule has 80 valence electrons. The van der Waals surface area contributed by atoms with Crippen molar-refractivity contribution >= 4 is 15.8 Å². The summed E-state index contributed by atoms with van der Waals surface area (Å²) < 4.78 is 21.9. The molecular formula is C7H12N2O4S. The molecule has 0 spiro atoms. The number of hydrogen-bond acceptors (Lipinski definition) is 5. The van der Waals surface area contributed by atoms with Crippen LogP contribution in [0.25, 0.3) is 0 Å². The summed E-state index contributed by atoms with van der Waals surface area (Å²) in [6.07, 6.45) is 1.49. The minimum Gasteiger partial charge on any atom is -0.480 e. The highest BCUT2D eigenvalue weighted by Crippen LogP contribution is 2.07. The fourth-order valence-corrected chi connectivity index (χ4v) is 2.34. The summed E-state index contributed by atoms with van der Waals surface area (Å²) in [7, 11) is -3.09. The van der Waals surface area contributed by atoms with Gasteiger partial charge in [0.2, 0.25) is 0 Å². The lowest BCUT2D eigenvalue weighted by Crippen LogP contribution is -2.44. The molecule has 0 bridgehead atoms. The second kappa shape index (κ2) is 4.07. The molecule has 14 heavy (non-hydrogen) atoms. The minimum absolute atomic E-state index is 0.0284. The van der Waals surface area contributed by atoms with Gasteiger partial charge >= 0.3 is 5.97 Å². The molecule has 0 aliphatic carbocycles. The van der Waals surface area contributed by atoms with Crippen molar-refractivity contribution in [3.05, 3.63) is 11.5 Å². The number of aliphatic carboxylic acids is 1. The van der Waals surface area contributed by atoms with Gasteiger partial charge in [-0.15, -0.1) is 0 Å². The van der Waals surface area contributed by atoms with Crippen molar-refractivity contribution in [3.8, 4) is 0 Å². The van der Waals surface area contributed by atoms with E-state index in [0.717, 1.165) is 5.41 Å². The van der Waals surface area contributed by atoms with Gasteiger partial charge in [-0.25, -0.2) is 8.42 Å². The van der Waals surface area contributed by atoms with Gasteiger partial charge in [-0.3, -0.25) is 4.79 Å². The van der Waals surface area contributed by atoms with Crippen molar-refractivity contribution in [2.24, 2.45) is 5.73 Å². The van der Waals surface area contributed by atoms with Crippen LogP contribution in [0.2, 0.25) is 0 Å². The molecule has 0 fully saturated rings. The van der Waals surface area contributed by atoms with Gasteiger partial charge in [0.05, 0.1) is 5.75 Å². The monoisotopic (exact) mass is 220 g/mol. The summed E-state index contributed by atoms with van der Waals surface area (Å²) in [6, 6.07) is -1.34. The van der Waals surface area contributed by atoms with Gasteiger partial charge in [0.1, 0.15) is 6.04 Å². The smallest absolute Gasteiger partial charge is 0.321 e. The molecule has 1 aliphatic heterocycles. The number of carboxylic acid groups (broad SMARTS) is 1. The lowest BCUT2D eigenvalue weighted by molar-refractivity contribution is -0.138. The highest BCUT2D eigenvalue weighted by atomic mass is 32.2. The number of nitrogens with two attached hydrogens (primary N) is 1. The number of rotatable bonds is 4. The molecule has 0 amide bonds. The molecule has 0 saturated carbocycles. The summed E-state index contributed by atoms with van der Waals surface area (Å²) in [5.41, 5.74) is 5.23. The first-order chi connectivity index (χ1) is 6.41. The van der Waals surface area contributed by atoms with Gasteiger partial charge in [-0.2, -0.15) is 0 Å². The molecule has 2 atom stereocenters. The maximum Gasteiger partial charge on any atom is 0.321 e. The first-order valence-electron chi connectivity index (χ1n) is 4.03. The van der Waals surface area contributed by atoms with Gasteiger partial charge in [0.15, 0.2) is 9.84 Å². The quantitative estimate of drug-likeness (QED) is 0.521. The van der Waals surface area contributed by atoms with Crippen molar-refractivity contribution in [1.29, 1.82) is 0 Å². The molecule has 1 rings (SSSR count). The number of carboxylic acids is 1. The molecule has 7 heteroatoms. The Bertz CT molecular complexity index is 349. The third kappa shape index (κ3) is 3.09. The van der Waals surface area contributed by atoms with Gasteiger partial charge in [0.25, 0.3) is 0 Å². The molecule has 4 N–H and O–H groups in total. The summed E-state index contributed by atoms with van der Waals surface area (Å²) >= 11 is 0. The third-order valence-corrected chi connectivity index (χ3v) is 3.24. The van der Waals surface area contributed by atoms with Crippen molar-refractivity contribution in [2.75, 3.05) is 12.3 Å². The molecular weight excluding hydrogens is 208 g/mol. The highest BCUT2D eigenvalue weighted by molar-refractivity contribution is 7.94. The maximum absolute atomic E-state index is 10.9. The van der Waals surface area contributed by atoms with Crippen LogP contribution < -0.4 is 11.1 Å². The number of carbonyl (C=O) groups is 1. The fraction of sp³-hybridized carbons (Fsp3) is 0.571. The molecule has 0 radical (unpaired) electrons. The minimum atomic E-state index is -3.09. The summed E-state index contributed by atoms with van der Waals surface area (Å²) in [5.74, 6) is -1.14. The largest absolute Gasteiger partial charge is 0.480 e. The van der Waals surface area contributed by atoms with E-state index in [1.54, 1.807) is 0 Å². The van der Waals surface area contributed by atoms with E-state index >= 15 is 0 Å². The maximum atomic E-state index is 10.9. The molecule has 6 nitrogen and oxygen atoms in total. The molecule has 0 aromatic rings. The zero-order valence-corrected chi connectivity index (χ0v) is 8.20. The highest BCUT2D eigenvalue weighted by Gasteiger charge is 2.22. The van der Waals surface area contributed by atoms with E-state index in [1.165, 1.54) is 6.08 Å². The Labute approximate surface area is 81.7 Å². The van der Waals surface area contributed by atoms with Crippen molar-refractivity contribution in [1.82, 2.24) is 5.32 Å². The summed E-state index contributed by atoms with van der Waals surface area (Å²) in [5, 5.41) is 12.3. The van der Waals surface area contributed by atoms with Gasteiger partial charge in [-0.1, -0.05) is 6.08 Å². The lowest BCUT2D eigenvalue weighted by Gasteiger charge is -2.11. The predicted octanol–water partition coefficient (Wildman–Crippen LogP) is -1.70. The van der Waals surface area contributed by atoms with Crippen LogP contribution in [-0.4, -0.2) is 43.9 Å². The third-order valence-electron chi connectivity index (χ3n) is 1.85. The standard InChI is InChI=1S/C7H12N2O4S/c8-6(7(10)11)3-9-5-1-2-14(12,13)4-5/h1-2,5-6,9H,3-4,8H2,(H,10,11). The summed E-state index contributed by atoms with van der Waals surface area (Å²) in [4.78, 5) is 10.3. The average molecular weight is 220 g/mol. The topological polar surface area (TPSA) is 109 Å². The van der Waals surface area contributed by atoms with Crippen LogP contribution in [0.15, 0.2) is 11.5 Å². The van der Waals surface area contributed by atoms with Crippen LogP contribution in [0, 0.1) is 0 Å². The summed E-state index contributed by atoms with van der Waals surface area (Å²) in [6.45, 7) is 0.0554. The Morgan fingerprint density at radius 2 is 2.36 bits per heavy atom. The Morgan fingerprint density at radius 3 is 2.79 bits per heavy atom. The number of sulfone groups is 1. The molecule has 1 heterocycles. The van der Waals surface area contributed by atoms with E-state index in [4.69, 9.17) is 10.8 Å². The van der Waals surface area contributed by atoms with Crippen molar-refractivity contribution in [2.45, 2.75) is 12.1 Å².